The number of aromatic nitrogens is 4. The van der Waals surface area contributed by atoms with Gasteiger partial charge in [0.1, 0.15) is 12.7 Å². The van der Waals surface area contributed by atoms with E-state index in [1.54, 1.807) is 11.0 Å². The third-order valence-electron chi connectivity index (χ3n) is 6.61. The first-order valence-corrected chi connectivity index (χ1v) is 10.9. The number of benzene rings is 1. The molecule has 2 heterocycles. The van der Waals surface area contributed by atoms with E-state index in [0.29, 0.717) is 6.04 Å². The number of rotatable bonds is 5. The van der Waals surface area contributed by atoms with Gasteiger partial charge in [-0.15, -0.1) is 0 Å². The summed E-state index contributed by atoms with van der Waals surface area (Å²) in [5, 5.41) is 4.16. The second-order valence-electron chi connectivity index (χ2n) is 8.47. The number of carbonyl (C=O) groups excluding carboxylic acids is 1. The summed E-state index contributed by atoms with van der Waals surface area (Å²) in [5.41, 5.74) is 5.17. The van der Waals surface area contributed by atoms with Crippen LogP contribution in [-0.4, -0.2) is 37.2 Å². The molecule has 0 saturated heterocycles. The first-order valence-electron chi connectivity index (χ1n) is 10.9. The zero-order valence-electron chi connectivity index (χ0n) is 18.4. The molecule has 1 atom stereocenters. The Morgan fingerprint density at radius 3 is 2.47 bits per heavy atom. The highest BCUT2D eigenvalue weighted by molar-refractivity contribution is 5.95. The van der Waals surface area contributed by atoms with Gasteiger partial charge < -0.3 is 9.47 Å². The molecule has 6 heteroatoms. The van der Waals surface area contributed by atoms with Crippen molar-refractivity contribution in [2.24, 2.45) is 0 Å². The van der Waals surface area contributed by atoms with Crippen LogP contribution in [0, 0.1) is 13.8 Å². The van der Waals surface area contributed by atoms with E-state index in [1.165, 1.54) is 44.1 Å². The predicted octanol–water partition coefficient (Wildman–Crippen LogP) is 5.02. The zero-order chi connectivity index (χ0) is 21.3. The third-order valence-corrected chi connectivity index (χ3v) is 6.61. The highest BCUT2D eigenvalue weighted by Gasteiger charge is 2.26. The Kier molecular flexibility index (Phi) is 5.75. The van der Waals surface area contributed by atoms with E-state index in [-0.39, 0.29) is 11.9 Å². The van der Waals surface area contributed by atoms with Gasteiger partial charge in [-0.25, -0.2) is 9.67 Å². The molecule has 2 aromatic heterocycles. The molecule has 1 aliphatic rings. The lowest BCUT2D eigenvalue weighted by Gasteiger charge is -2.27. The van der Waals surface area contributed by atoms with Crippen LogP contribution in [0.15, 0.2) is 43.0 Å². The van der Waals surface area contributed by atoms with Crippen molar-refractivity contribution in [3.8, 4) is 5.69 Å². The van der Waals surface area contributed by atoms with E-state index in [1.807, 2.05) is 24.1 Å². The maximum Gasteiger partial charge on any atom is 0.255 e. The molecule has 1 aromatic carbocycles. The molecule has 1 amide bonds. The van der Waals surface area contributed by atoms with Crippen molar-refractivity contribution in [3.63, 3.8) is 0 Å². The van der Waals surface area contributed by atoms with Gasteiger partial charge in [-0.3, -0.25) is 4.79 Å². The Bertz CT molecular complexity index is 997. The number of hydrogen-bond donors (Lipinski definition) is 0. The maximum atomic E-state index is 13.4. The molecule has 0 aliphatic heterocycles. The van der Waals surface area contributed by atoms with Crippen LogP contribution in [0.4, 0.5) is 0 Å². The SMILES string of the molecule is Cc1cc(C(=O)N(C)C(C)c2ccc(-n3cncn3)cc2)c(C)n1C1CCCCC1. The summed E-state index contributed by atoms with van der Waals surface area (Å²) in [6.45, 7) is 6.30. The van der Waals surface area contributed by atoms with Crippen molar-refractivity contribution < 1.29 is 4.79 Å². The van der Waals surface area contributed by atoms with Crippen molar-refractivity contribution in [2.75, 3.05) is 7.05 Å². The second kappa shape index (κ2) is 8.46. The molecule has 30 heavy (non-hydrogen) atoms. The molecule has 3 aromatic rings. The lowest BCUT2D eigenvalue weighted by atomic mass is 9.95. The number of amides is 1. The average Bonchev–Trinajstić information content (AvgIpc) is 3.41. The molecule has 0 N–H and O–H groups in total. The van der Waals surface area contributed by atoms with Crippen molar-refractivity contribution in [3.05, 3.63) is 65.5 Å². The maximum absolute atomic E-state index is 13.4. The molecular formula is C24H31N5O. The molecule has 0 bridgehead atoms. The van der Waals surface area contributed by atoms with Crippen LogP contribution in [0.1, 0.15) is 78.4 Å². The van der Waals surface area contributed by atoms with E-state index in [9.17, 15) is 4.79 Å². The molecular weight excluding hydrogens is 374 g/mol. The molecule has 158 valence electrons. The molecule has 4 rings (SSSR count). The molecule has 0 radical (unpaired) electrons. The van der Waals surface area contributed by atoms with E-state index in [4.69, 9.17) is 0 Å². The number of hydrogen-bond acceptors (Lipinski definition) is 3. The quantitative estimate of drug-likeness (QED) is 0.599. The summed E-state index contributed by atoms with van der Waals surface area (Å²) < 4.78 is 4.13. The first kappa shape index (κ1) is 20.4. The predicted molar refractivity (Wildman–Crippen MR) is 118 cm³/mol. The van der Waals surface area contributed by atoms with Crippen LogP contribution in [0.5, 0.6) is 0 Å². The van der Waals surface area contributed by atoms with Crippen molar-refractivity contribution in [1.82, 2.24) is 24.2 Å². The van der Waals surface area contributed by atoms with Gasteiger partial charge in [-0.2, -0.15) is 5.10 Å². The Labute approximate surface area is 178 Å². The van der Waals surface area contributed by atoms with Gasteiger partial charge >= 0.3 is 0 Å². The molecule has 1 aliphatic carbocycles. The Balaban J connectivity index is 1.53. The number of nitrogens with zero attached hydrogens (tertiary/aromatic N) is 5. The van der Waals surface area contributed by atoms with Gasteiger partial charge in [0.2, 0.25) is 0 Å². The normalized spacial score (nSPS) is 15.9. The van der Waals surface area contributed by atoms with E-state index in [2.05, 4.69) is 53.6 Å². The fourth-order valence-corrected chi connectivity index (χ4v) is 4.73. The molecule has 1 fully saturated rings. The Hall–Kier alpha value is -2.89. The average molecular weight is 406 g/mol. The van der Waals surface area contributed by atoms with Crippen LogP contribution in [0.25, 0.3) is 5.69 Å². The lowest BCUT2D eigenvalue weighted by Crippen LogP contribution is -2.30. The summed E-state index contributed by atoms with van der Waals surface area (Å²) in [4.78, 5) is 19.2. The molecule has 6 nitrogen and oxygen atoms in total. The summed E-state index contributed by atoms with van der Waals surface area (Å²) in [5.74, 6) is 0.0815. The fraction of sp³-hybridized carbons (Fsp3) is 0.458. The highest BCUT2D eigenvalue weighted by Crippen LogP contribution is 2.33. The van der Waals surface area contributed by atoms with Gasteiger partial charge in [0.05, 0.1) is 17.3 Å². The van der Waals surface area contributed by atoms with Gasteiger partial charge in [-0.05, 0) is 57.4 Å². The van der Waals surface area contributed by atoms with Crippen LogP contribution in [-0.2, 0) is 0 Å². The number of carbonyl (C=O) groups is 1. The van der Waals surface area contributed by atoms with Gasteiger partial charge in [0.25, 0.3) is 5.91 Å². The lowest BCUT2D eigenvalue weighted by molar-refractivity contribution is 0.0741. The summed E-state index contributed by atoms with van der Waals surface area (Å²) >= 11 is 0. The minimum atomic E-state index is -0.0277. The Morgan fingerprint density at radius 1 is 1.13 bits per heavy atom. The minimum absolute atomic E-state index is 0.0277. The van der Waals surface area contributed by atoms with Gasteiger partial charge in [0, 0.05) is 24.5 Å². The van der Waals surface area contributed by atoms with Crippen LogP contribution >= 0.6 is 0 Å². The van der Waals surface area contributed by atoms with E-state index in [0.717, 1.165) is 22.5 Å². The standard InChI is InChI=1S/C24H31N5O/c1-17-14-23(19(3)29(17)22-8-6-5-7-9-22)24(30)27(4)18(2)20-10-12-21(13-11-20)28-16-25-15-26-28/h10-16,18,22H,5-9H2,1-4H3. The highest BCUT2D eigenvalue weighted by atomic mass is 16.2. The molecule has 1 saturated carbocycles. The number of aryl methyl sites for hydroxylation is 1. The molecule has 0 spiro atoms. The topological polar surface area (TPSA) is 56.0 Å². The van der Waals surface area contributed by atoms with Crippen molar-refractivity contribution >= 4 is 5.91 Å². The molecule has 1 unspecified atom stereocenters. The second-order valence-corrected chi connectivity index (χ2v) is 8.47. The summed E-state index contributed by atoms with van der Waals surface area (Å²) in [7, 11) is 1.89. The zero-order valence-corrected chi connectivity index (χ0v) is 18.4. The third kappa shape index (κ3) is 3.78. The van der Waals surface area contributed by atoms with Crippen LogP contribution in [0.3, 0.4) is 0 Å². The fourth-order valence-electron chi connectivity index (χ4n) is 4.73. The van der Waals surface area contributed by atoms with Crippen LogP contribution in [0.2, 0.25) is 0 Å². The van der Waals surface area contributed by atoms with E-state index >= 15 is 0 Å². The van der Waals surface area contributed by atoms with Gasteiger partial charge in [0.15, 0.2) is 0 Å². The first-order chi connectivity index (χ1) is 14.5. The monoisotopic (exact) mass is 405 g/mol. The smallest absolute Gasteiger partial charge is 0.255 e. The largest absolute Gasteiger partial charge is 0.345 e. The Morgan fingerprint density at radius 2 is 1.83 bits per heavy atom. The van der Waals surface area contributed by atoms with Crippen molar-refractivity contribution in [2.45, 2.75) is 65.0 Å². The van der Waals surface area contributed by atoms with Crippen LogP contribution < -0.4 is 0 Å². The minimum Gasteiger partial charge on any atom is -0.345 e. The van der Waals surface area contributed by atoms with Crippen molar-refractivity contribution in [1.29, 1.82) is 0 Å². The summed E-state index contributed by atoms with van der Waals surface area (Å²) in [6, 6.07) is 10.7. The van der Waals surface area contributed by atoms with Gasteiger partial charge in [-0.1, -0.05) is 31.4 Å². The summed E-state index contributed by atoms with van der Waals surface area (Å²) in [6.07, 6.45) is 9.53. The van der Waals surface area contributed by atoms with E-state index < -0.39 is 0 Å².